The number of para-hydroxylation sites is 1. The molecule has 0 radical (unpaired) electrons. The molecule has 2 aromatic rings. The maximum atomic E-state index is 10.9. The van der Waals surface area contributed by atoms with Crippen molar-refractivity contribution in [2.24, 2.45) is 0 Å². The molecule has 0 bridgehead atoms. The van der Waals surface area contributed by atoms with Crippen LogP contribution in [0.2, 0.25) is 0 Å². The summed E-state index contributed by atoms with van der Waals surface area (Å²) in [6.07, 6.45) is 1.46. The van der Waals surface area contributed by atoms with Gasteiger partial charge in [0.1, 0.15) is 5.75 Å². The smallest absolute Gasteiger partial charge is 0.119 e. The first-order valence-corrected chi connectivity index (χ1v) is 7.38. The van der Waals surface area contributed by atoms with Crippen LogP contribution in [-0.2, 0) is 5.60 Å². The second kappa shape index (κ2) is 5.78. The fourth-order valence-electron chi connectivity index (χ4n) is 2.97. The maximum Gasteiger partial charge on any atom is 0.119 e. The number of methoxy groups -OCH3 is 1. The molecule has 110 valence electrons. The number of benzene rings is 2. The van der Waals surface area contributed by atoms with E-state index in [4.69, 9.17) is 4.74 Å². The molecule has 1 fully saturated rings. The van der Waals surface area contributed by atoms with Crippen molar-refractivity contribution in [3.63, 3.8) is 0 Å². The SMILES string of the molecule is COc1cccc(C2(O)CCN(c3ccccc3)CC2)c1. The van der Waals surface area contributed by atoms with Gasteiger partial charge in [0.15, 0.2) is 0 Å². The maximum absolute atomic E-state index is 10.9. The Morgan fingerprint density at radius 1 is 1.00 bits per heavy atom. The van der Waals surface area contributed by atoms with Crippen LogP contribution in [0.4, 0.5) is 5.69 Å². The minimum atomic E-state index is -0.750. The Morgan fingerprint density at radius 2 is 1.71 bits per heavy atom. The Bertz CT molecular complexity index is 589. The molecule has 0 amide bonds. The monoisotopic (exact) mass is 283 g/mol. The molecule has 0 unspecified atom stereocenters. The molecular weight excluding hydrogens is 262 g/mol. The summed E-state index contributed by atoms with van der Waals surface area (Å²) < 4.78 is 5.26. The Morgan fingerprint density at radius 3 is 2.38 bits per heavy atom. The first-order valence-electron chi connectivity index (χ1n) is 7.38. The van der Waals surface area contributed by atoms with Crippen LogP contribution in [0.3, 0.4) is 0 Å². The molecule has 0 atom stereocenters. The highest BCUT2D eigenvalue weighted by atomic mass is 16.5. The van der Waals surface area contributed by atoms with Gasteiger partial charge in [0, 0.05) is 18.8 Å². The van der Waals surface area contributed by atoms with Crippen LogP contribution in [-0.4, -0.2) is 25.3 Å². The molecule has 21 heavy (non-hydrogen) atoms. The first kappa shape index (κ1) is 14.0. The number of nitrogens with zero attached hydrogens (tertiary/aromatic N) is 1. The van der Waals surface area contributed by atoms with Gasteiger partial charge in [-0.25, -0.2) is 0 Å². The van der Waals surface area contributed by atoms with Crippen LogP contribution < -0.4 is 9.64 Å². The summed E-state index contributed by atoms with van der Waals surface area (Å²) >= 11 is 0. The molecule has 1 N–H and O–H groups in total. The molecule has 0 aliphatic carbocycles. The second-order valence-electron chi connectivity index (χ2n) is 5.59. The van der Waals surface area contributed by atoms with Gasteiger partial charge in [-0.1, -0.05) is 30.3 Å². The molecular formula is C18H21NO2. The molecule has 3 heteroatoms. The lowest BCUT2D eigenvalue weighted by atomic mass is 9.84. The molecule has 1 saturated heterocycles. The van der Waals surface area contributed by atoms with Crippen LogP contribution in [0.5, 0.6) is 5.75 Å². The highest BCUT2D eigenvalue weighted by Gasteiger charge is 2.34. The predicted octanol–water partition coefficient (Wildman–Crippen LogP) is 3.18. The predicted molar refractivity (Wildman–Crippen MR) is 84.8 cm³/mol. The van der Waals surface area contributed by atoms with Gasteiger partial charge < -0.3 is 14.7 Å². The van der Waals surface area contributed by atoms with Gasteiger partial charge in [0.05, 0.1) is 12.7 Å². The summed E-state index contributed by atoms with van der Waals surface area (Å²) in [4.78, 5) is 2.33. The van der Waals surface area contributed by atoms with Gasteiger partial charge in [-0.3, -0.25) is 0 Å². The van der Waals surface area contributed by atoms with E-state index in [9.17, 15) is 5.11 Å². The van der Waals surface area contributed by atoms with Crippen molar-refractivity contribution < 1.29 is 9.84 Å². The summed E-state index contributed by atoms with van der Waals surface area (Å²) in [6, 6.07) is 18.2. The second-order valence-corrected chi connectivity index (χ2v) is 5.59. The minimum Gasteiger partial charge on any atom is -0.497 e. The van der Waals surface area contributed by atoms with E-state index in [0.29, 0.717) is 0 Å². The summed E-state index contributed by atoms with van der Waals surface area (Å²) in [5.41, 5.74) is 1.43. The molecule has 2 aromatic carbocycles. The van der Waals surface area contributed by atoms with Gasteiger partial charge in [-0.05, 0) is 42.7 Å². The lowest BCUT2D eigenvalue weighted by Gasteiger charge is -2.39. The highest BCUT2D eigenvalue weighted by molar-refractivity contribution is 5.47. The highest BCUT2D eigenvalue weighted by Crippen LogP contribution is 2.35. The quantitative estimate of drug-likeness (QED) is 0.939. The molecule has 0 spiro atoms. The average Bonchev–Trinajstić information content (AvgIpc) is 2.56. The van der Waals surface area contributed by atoms with Crippen LogP contribution in [0.15, 0.2) is 54.6 Å². The Labute approximate surface area is 125 Å². The molecule has 1 aliphatic rings. The van der Waals surface area contributed by atoms with Gasteiger partial charge >= 0.3 is 0 Å². The third-order valence-corrected chi connectivity index (χ3v) is 4.32. The van der Waals surface area contributed by atoms with E-state index in [1.54, 1.807) is 7.11 Å². The zero-order valence-electron chi connectivity index (χ0n) is 12.3. The van der Waals surface area contributed by atoms with E-state index in [2.05, 4.69) is 29.2 Å². The van der Waals surface area contributed by atoms with Crippen molar-refractivity contribution in [3.05, 3.63) is 60.2 Å². The number of anilines is 1. The minimum absolute atomic E-state index is 0.731. The fraction of sp³-hybridized carbons (Fsp3) is 0.333. The van der Waals surface area contributed by atoms with E-state index in [-0.39, 0.29) is 0 Å². The van der Waals surface area contributed by atoms with Crippen LogP contribution in [0.25, 0.3) is 0 Å². The van der Waals surface area contributed by atoms with Crippen molar-refractivity contribution in [2.45, 2.75) is 18.4 Å². The number of ether oxygens (including phenoxy) is 1. The van der Waals surface area contributed by atoms with Crippen LogP contribution >= 0.6 is 0 Å². The lowest BCUT2D eigenvalue weighted by Crippen LogP contribution is -2.42. The van der Waals surface area contributed by atoms with Gasteiger partial charge in [0.25, 0.3) is 0 Å². The van der Waals surface area contributed by atoms with Gasteiger partial charge in [-0.2, -0.15) is 0 Å². The summed E-state index contributed by atoms with van der Waals surface area (Å²) in [5.74, 6) is 0.798. The molecule has 0 aromatic heterocycles. The van der Waals surface area contributed by atoms with Crippen LogP contribution in [0.1, 0.15) is 18.4 Å². The molecule has 1 heterocycles. The molecule has 1 aliphatic heterocycles. The zero-order chi connectivity index (χ0) is 14.7. The molecule has 3 rings (SSSR count). The molecule has 0 saturated carbocycles. The van der Waals surface area contributed by atoms with Gasteiger partial charge in [0.2, 0.25) is 0 Å². The van der Waals surface area contributed by atoms with Gasteiger partial charge in [-0.15, -0.1) is 0 Å². The zero-order valence-corrected chi connectivity index (χ0v) is 12.3. The summed E-state index contributed by atoms with van der Waals surface area (Å²) in [6.45, 7) is 1.72. The Hall–Kier alpha value is -2.00. The fourth-order valence-corrected chi connectivity index (χ4v) is 2.97. The van der Waals surface area contributed by atoms with E-state index < -0.39 is 5.60 Å². The average molecular weight is 283 g/mol. The number of hydrogen-bond acceptors (Lipinski definition) is 3. The number of aliphatic hydroxyl groups is 1. The van der Waals surface area contributed by atoms with Crippen molar-refractivity contribution >= 4 is 5.69 Å². The van der Waals surface area contributed by atoms with E-state index in [1.807, 2.05) is 30.3 Å². The largest absolute Gasteiger partial charge is 0.497 e. The summed E-state index contributed by atoms with van der Waals surface area (Å²) in [7, 11) is 1.65. The van der Waals surface area contributed by atoms with E-state index in [0.717, 1.165) is 37.2 Å². The first-order chi connectivity index (χ1) is 10.2. The normalized spacial score (nSPS) is 17.5. The van der Waals surface area contributed by atoms with Crippen LogP contribution in [0, 0.1) is 0 Å². The summed E-state index contributed by atoms with van der Waals surface area (Å²) in [5, 5.41) is 10.9. The number of piperidine rings is 1. The van der Waals surface area contributed by atoms with Crippen molar-refractivity contribution in [1.29, 1.82) is 0 Å². The van der Waals surface area contributed by atoms with Crippen molar-refractivity contribution in [3.8, 4) is 5.75 Å². The van der Waals surface area contributed by atoms with E-state index >= 15 is 0 Å². The number of rotatable bonds is 3. The molecule has 3 nitrogen and oxygen atoms in total. The third-order valence-electron chi connectivity index (χ3n) is 4.32. The van der Waals surface area contributed by atoms with E-state index in [1.165, 1.54) is 5.69 Å². The Balaban J connectivity index is 1.74. The standard InChI is InChI=1S/C18H21NO2/c1-21-17-9-5-6-15(14-17)18(20)10-12-19(13-11-18)16-7-3-2-4-8-16/h2-9,14,20H,10-13H2,1H3. The lowest BCUT2D eigenvalue weighted by molar-refractivity contribution is 0.0116. The van der Waals surface area contributed by atoms with Crippen molar-refractivity contribution in [2.75, 3.05) is 25.1 Å². The topological polar surface area (TPSA) is 32.7 Å². The Kier molecular flexibility index (Phi) is 3.84. The van der Waals surface area contributed by atoms with Crippen molar-refractivity contribution in [1.82, 2.24) is 0 Å². The number of hydrogen-bond donors (Lipinski definition) is 1. The third kappa shape index (κ3) is 2.88.